The minimum Gasteiger partial charge on any atom is -0.355 e. The van der Waals surface area contributed by atoms with Crippen molar-refractivity contribution in [2.45, 2.75) is 19.9 Å². The van der Waals surface area contributed by atoms with Gasteiger partial charge in [0.05, 0.1) is 4.92 Å². The van der Waals surface area contributed by atoms with Crippen LogP contribution in [0.5, 0.6) is 0 Å². The zero-order valence-corrected chi connectivity index (χ0v) is 12.0. The SMILES string of the molecule is CCNC(=O)[C@@H](C)NC(=S)Nc1ccc([N+](=O)[O-])cc1. The van der Waals surface area contributed by atoms with E-state index in [1.54, 1.807) is 19.1 Å². The lowest BCUT2D eigenvalue weighted by Gasteiger charge is -2.16. The third-order valence-electron chi connectivity index (χ3n) is 2.43. The topological polar surface area (TPSA) is 96.3 Å². The van der Waals surface area contributed by atoms with Gasteiger partial charge >= 0.3 is 0 Å². The molecule has 1 aromatic rings. The van der Waals surface area contributed by atoms with Gasteiger partial charge in [0.15, 0.2) is 5.11 Å². The molecule has 0 heterocycles. The van der Waals surface area contributed by atoms with Crippen LogP contribution in [0.2, 0.25) is 0 Å². The van der Waals surface area contributed by atoms with Gasteiger partial charge in [-0.2, -0.15) is 0 Å². The summed E-state index contributed by atoms with van der Waals surface area (Å²) in [6.45, 7) is 4.07. The fourth-order valence-electron chi connectivity index (χ4n) is 1.42. The molecular weight excluding hydrogens is 280 g/mol. The summed E-state index contributed by atoms with van der Waals surface area (Å²) in [5, 5.41) is 19.1. The fourth-order valence-corrected chi connectivity index (χ4v) is 1.72. The average Bonchev–Trinajstić information content (AvgIpc) is 2.39. The third kappa shape index (κ3) is 4.81. The Morgan fingerprint density at radius 2 is 2.00 bits per heavy atom. The van der Waals surface area contributed by atoms with Crippen molar-refractivity contribution in [2.24, 2.45) is 0 Å². The summed E-state index contributed by atoms with van der Waals surface area (Å²) in [6, 6.07) is 5.37. The number of carbonyl (C=O) groups is 1. The quantitative estimate of drug-likeness (QED) is 0.432. The molecule has 8 heteroatoms. The molecule has 0 bridgehead atoms. The zero-order chi connectivity index (χ0) is 15.1. The number of hydrogen-bond donors (Lipinski definition) is 3. The first-order valence-corrected chi connectivity index (χ1v) is 6.44. The van der Waals surface area contributed by atoms with Crippen LogP contribution in [0.15, 0.2) is 24.3 Å². The van der Waals surface area contributed by atoms with E-state index < -0.39 is 11.0 Å². The summed E-state index contributed by atoms with van der Waals surface area (Å²) in [7, 11) is 0. The van der Waals surface area contributed by atoms with E-state index in [1.165, 1.54) is 12.1 Å². The van der Waals surface area contributed by atoms with E-state index in [-0.39, 0.29) is 16.7 Å². The van der Waals surface area contributed by atoms with E-state index >= 15 is 0 Å². The second-order valence-electron chi connectivity index (χ2n) is 4.02. The molecule has 0 unspecified atom stereocenters. The second kappa shape index (κ2) is 7.39. The van der Waals surface area contributed by atoms with Crippen LogP contribution in [0.25, 0.3) is 0 Å². The Morgan fingerprint density at radius 1 is 1.40 bits per heavy atom. The molecule has 1 rings (SSSR count). The molecule has 1 aromatic carbocycles. The predicted octanol–water partition coefficient (Wildman–Crippen LogP) is 1.41. The van der Waals surface area contributed by atoms with Gasteiger partial charge in [0, 0.05) is 24.4 Å². The van der Waals surface area contributed by atoms with Gasteiger partial charge in [0.2, 0.25) is 5.91 Å². The molecule has 0 aliphatic heterocycles. The normalized spacial score (nSPS) is 11.3. The van der Waals surface area contributed by atoms with E-state index in [0.29, 0.717) is 12.2 Å². The van der Waals surface area contributed by atoms with Crippen LogP contribution in [-0.4, -0.2) is 28.5 Å². The molecule has 0 fully saturated rings. The summed E-state index contributed by atoms with van der Waals surface area (Å²) in [5.74, 6) is -0.152. The van der Waals surface area contributed by atoms with Crippen LogP contribution in [0.4, 0.5) is 11.4 Å². The van der Waals surface area contributed by atoms with Gasteiger partial charge in [-0.15, -0.1) is 0 Å². The molecule has 3 N–H and O–H groups in total. The molecule has 108 valence electrons. The van der Waals surface area contributed by atoms with Crippen molar-refractivity contribution in [3.05, 3.63) is 34.4 Å². The summed E-state index contributed by atoms with van der Waals surface area (Å²) >= 11 is 5.06. The minimum absolute atomic E-state index is 0.00474. The highest BCUT2D eigenvalue weighted by atomic mass is 32.1. The molecule has 0 spiro atoms. The number of likely N-dealkylation sites (N-methyl/N-ethyl adjacent to an activating group) is 1. The summed E-state index contributed by atoms with van der Waals surface area (Å²) < 4.78 is 0. The van der Waals surface area contributed by atoms with E-state index in [4.69, 9.17) is 12.2 Å². The van der Waals surface area contributed by atoms with Crippen molar-refractivity contribution in [2.75, 3.05) is 11.9 Å². The van der Waals surface area contributed by atoms with Crippen LogP contribution >= 0.6 is 12.2 Å². The summed E-state index contributed by atoms with van der Waals surface area (Å²) in [4.78, 5) is 21.6. The van der Waals surface area contributed by atoms with Crippen LogP contribution < -0.4 is 16.0 Å². The Bertz CT molecular complexity index is 504. The molecule has 1 amide bonds. The van der Waals surface area contributed by atoms with Gasteiger partial charge in [0.1, 0.15) is 6.04 Å². The van der Waals surface area contributed by atoms with Crippen molar-refractivity contribution in [3.8, 4) is 0 Å². The number of thiocarbonyl (C=S) groups is 1. The molecular formula is C12H16N4O3S. The lowest BCUT2D eigenvalue weighted by molar-refractivity contribution is -0.384. The molecule has 20 heavy (non-hydrogen) atoms. The maximum atomic E-state index is 11.5. The number of benzene rings is 1. The Labute approximate surface area is 121 Å². The van der Waals surface area contributed by atoms with Gasteiger partial charge in [-0.3, -0.25) is 14.9 Å². The molecule has 0 aliphatic carbocycles. The van der Waals surface area contributed by atoms with Crippen molar-refractivity contribution >= 4 is 34.6 Å². The number of rotatable bonds is 5. The molecule has 0 aliphatic rings. The first-order valence-electron chi connectivity index (χ1n) is 6.03. The highest BCUT2D eigenvalue weighted by Crippen LogP contribution is 2.15. The zero-order valence-electron chi connectivity index (χ0n) is 11.2. The monoisotopic (exact) mass is 296 g/mol. The Kier molecular flexibility index (Phi) is 5.85. The average molecular weight is 296 g/mol. The first kappa shape index (κ1) is 15.8. The summed E-state index contributed by atoms with van der Waals surface area (Å²) in [6.07, 6.45) is 0. The van der Waals surface area contributed by atoms with Gasteiger partial charge < -0.3 is 16.0 Å². The lowest BCUT2D eigenvalue weighted by atomic mass is 10.3. The Hall–Kier alpha value is -2.22. The number of non-ortho nitro benzene ring substituents is 1. The van der Waals surface area contributed by atoms with Gasteiger partial charge in [0.25, 0.3) is 5.69 Å². The highest BCUT2D eigenvalue weighted by molar-refractivity contribution is 7.80. The van der Waals surface area contributed by atoms with Crippen molar-refractivity contribution in [1.29, 1.82) is 0 Å². The smallest absolute Gasteiger partial charge is 0.269 e. The number of hydrogen-bond acceptors (Lipinski definition) is 4. The molecule has 0 radical (unpaired) electrons. The molecule has 0 saturated carbocycles. The van der Waals surface area contributed by atoms with E-state index in [1.807, 2.05) is 6.92 Å². The largest absolute Gasteiger partial charge is 0.355 e. The Morgan fingerprint density at radius 3 is 2.50 bits per heavy atom. The lowest BCUT2D eigenvalue weighted by Crippen LogP contribution is -2.46. The van der Waals surface area contributed by atoms with E-state index in [2.05, 4.69) is 16.0 Å². The number of nitro groups is 1. The number of nitrogens with zero attached hydrogens (tertiary/aromatic N) is 1. The number of amides is 1. The van der Waals surface area contributed by atoms with Gasteiger partial charge in [-0.25, -0.2) is 0 Å². The van der Waals surface area contributed by atoms with Gasteiger partial charge in [-0.05, 0) is 38.2 Å². The van der Waals surface area contributed by atoms with Crippen LogP contribution in [-0.2, 0) is 4.79 Å². The maximum absolute atomic E-state index is 11.5. The Balaban J connectivity index is 2.54. The first-order chi connectivity index (χ1) is 9.43. The van der Waals surface area contributed by atoms with Crippen LogP contribution in [0.1, 0.15) is 13.8 Å². The number of nitrogens with one attached hydrogen (secondary N) is 3. The number of nitro benzene ring substituents is 1. The van der Waals surface area contributed by atoms with Crippen LogP contribution in [0, 0.1) is 10.1 Å². The molecule has 1 atom stereocenters. The van der Waals surface area contributed by atoms with Crippen LogP contribution in [0.3, 0.4) is 0 Å². The number of anilines is 1. The van der Waals surface area contributed by atoms with Crippen molar-refractivity contribution in [1.82, 2.24) is 10.6 Å². The fraction of sp³-hybridized carbons (Fsp3) is 0.333. The van der Waals surface area contributed by atoms with Crippen molar-refractivity contribution < 1.29 is 9.72 Å². The molecule has 0 saturated heterocycles. The molecule has 7 nitrogen and oxygen atoms in total. The summed E-state index contributed by atoms with van der Waals surface area (Å²) in [5.41, 5.74) is 0.612. The molecule has 0 aromatic heterocycles. The third-order valence-corrected chi connectivity index (χ3v) is 2.65. The maximum Gasteiger partial charge on any atom is 0.269 e. The van der Waals surface area contributed by atoms with E-state index in [9.17, 15) is 14.9 Å². The standard InChI is InChI=1S/C12H16N4O3S/c1-3-13-11(17)8(2)14-12(20)15-9-4-6-10(7-5-9)16(18)19/h4-8H,3H2,1-2H3,(H,13,17)(H2,14,15,20)/t8-/m1/s1. The van der Waals surface area contributed by atoms with Crippen molar-refractivity contribution in [3.63, 3.8) is 0 Å². The minimum atomic E-state index is -0.475. The number of carbonyl (C=O) groups excluding carboxylic acids is 1. The second-order valence-corrected chi connectivity index (χ2v) is 4.43. The van der Waals surface area contributed by atoms with E-state index in [0.717, 1.165) is 0 Å². The predicted molar refractivity (Wildman–Crippen MR) is 80.6 cm³/mol. The highest BCUT2D eigenvalue weighted by Gasteiger charge is 2.12. The van der Waals surface area contributed by atoms with Gasteiger partial charge in [-0.1, -0.05) is 0 Å².